The number of pyridine rings is 1. The first-order chi connectivity index (χ1) is 8.19. The van der Waals surface area contributed by atoms with E-state index in [0.29, 0.717) is 17.3 Å². The van der Waals surface area contributed by atoms with Crippen LogP contribution in [0.25, 0.3) is 0 Å². The Hall–Kier alpha value is -2.07. The molecule has 88 valence electrons. The van der Waals surface area contributed by atoms with Crippen molar-refractivity contribution >= 4 is 5.69 Å². The molecule has 2 rings (SSSR count). The highest BCUT2D eigenvalue weighted by Crippen LogP contribution is 2.25. The minimum atomic E-state index is 0.0190. The normalized spacial score (nSPS) is 10.2. The third kappa shape index (κ3) is 2.73. The number of hydrogen-bond acceptors (Lipinski definition) is 4. The lowest BCUT2D eigenvalue weighted by molar-refractivity contribution is 0.281. The summed E-state index contributed by atoms with van der Waals surface area (Å²) < 4.78 is 5.57. The van der Waals surface area contributed by atoms with Gasteiger partial charge in [-0.15, -0.1) is 0 Å². The van der Waals surface area contributed by atoms with Crippen LogP contribution in [0.15, 0.2) is 36.4 Å². The highest BCUT2D eigenvalue weighted by Gasteiger charge is 2.04. The number of aliphatic hydroxyl groups is 1. The first-order valence-electron chi connectivity index (χ1n) is 5.30. The van der Waals surface area contributed by atoms with E-state index in [9.17, 15) is 0 Å². The van der Waals surface area contributed by atoms with Crippen LogP contribution in [0.3, 0.4) is 0 Å². The molecule has 0 aliphatic rings. The Morgan fingerprint density at radius 1 is 1.18 bits per heavy atom. The van der Waals surface area contributed by atoms with E-state index in [-0.39, 0.29) is 6.61 Å². The van der Waals surface area contributed by atoms with Gasteiger partial charge < -0.3 is 15.6 Å². The van der Waals surface area contributed by atoms with Crippen molar-refractivity contribution in [1.29, 1.82) is 0 Å². The van der Waals surface area contributed by atoms with Crippen molar-refractivity contribution in [2.24, 2.45) is 0 Å². The lowest BCUT2D eigenvalue weighted by Gasteiger charge is -2.08. The van der Waals surface area contributed by atoms with Crippen LogP contribution in [-0.4, -0.2) is 10.1 Å². The number of aryl methyl sites for hydroxylation is 1. The van der Waals surface area contributed by atoms with Crippen LogP contribution < -0.4 is 10.5 Å². The SMILES string of the molecule is Cc1ccc(N)c(Oc2ccc(CO)cc2)n1. The molecule has 17 heavy (non-hydrogen) atoms. The minimum Gasteiger partial charge on any atom is -0.437 e. The molecule has 1 heterocycles. The molecule has 0 amide bonds. The first-order valence-corrected chi connectivity index (χ1v) is 5.30. The van der Waals surface area contributed by atoms with Crippen LogP contribution in [0.4, 0.5) is 5.69 Å². The van der Waals surface area contributed by atoms with Crippen molar-refractivity contribution in [1.82, 2.24) is 4.98 Å². The standard InChI is InChI=1S/C13H14N2O2/c1-9-2-7-12(14)13(15-9)17-11-5-3-10(8-16)4-6-11/h2-7,16H,8,14H2,1H3. The quantitative estimate of drug-likeness (QED) is 0.848. The smallest absolute Gasteiger partial charge is 0.242 e. The molecule has 0 radical (unpaired) electrons. The van der Waals surface area contributed by atoms with Crippen molar-refractivity contribution in [3.05, 3.63) is 47.7 Å². The highest BCUT2D eigenvalue weighted by atomic mass is 16.5. The predicted molar refractivity (Wildman–Crippen MR) is 65.8 cm³/mol. The van der Waals surface area contributed by atoms with Crippen LogP contribution in [0, 0.1) is 6.92 Å². The van der Waals surface area contributed by atoms with Gasteiger partial charge in [-0.2, -0.15) is 0 Å². The minimum absolute atomic E-state index is 0.0190. The molecule has 0 bridgehead atoms. The van der Waals surface area contributed by atoms with Crippen molar-refractivity contribution in [3.8, 4) is 11.6 Å². The van der Waals surface area contributed by atoms with Crippen LogP contribution in [0.1, 0.15) is 11.3 Å². The van der Waals surface area contributed by atoms with Gasteiger partial charge in [0, 0.05) is 5.69 Å². The number of rotatable bonds is 3. The Bertz CT molecular complexity index is 509. The Labute approximate surface area is 99.7 Å². The molecule has 0 aliphatic heterocycles. The Balaban J connectivity index is 2.22. The molecule has 0 fully saturated rings. The molecule has 0 aliphatic carbocycles. The maximum Gasteiger partial charge on any atom is 0.242 e. The molecule has 2 aromatic rings. The molecule has 3 N–H and O–H groups in total. The van der Waals surface area contributed by atoms with Gasteiger partial charge in [-0.05, 0) is 36.8 Å². The second-order valence-corrected chi connectivity index (χ2v) is 3.75. The molecule has 4 nitrogen and oxygen atoms in total. The molecule has 1 aromatic carbocycles. The predicted octanol–water partition coefficient (Wildman–Crippen LogP) is 2.26. The molecule has 0 unspecified atom stereocenters. The second kappa shape index (κ2) is 4.84. The lowest BCUT2D eigenvalue weighted by Crippen LogP contribution is -1.96. The summed E-state index contributed by atoms with van der Waals surface area (Å²) in [5.41, 5.74) is 7.95. The van der Waals surface area contributed by atoms with E-state index in [1.54, 1.807) is 30.3 Å². The fourth-order valence-electron chi connectivity index (χ4n) is 1.40. The van der Waals surface area contributed by atoms with E-state index in [0.717, 1.165) is 11.3 Å². The van der Waals surface area contributed by atoms with Crippen LogP contribution in [0.2, 0.25) is 0 Å². The van der Waals surface area contributed by atoms with Gasteiger partial charge in [0.05, 0.1) is 12.3 Å². The highest BCUT2D eigenvalue weighted by molar-refractivity contribution is 5.49. The number of benzene rings is 1. The summed E-state index contributed by atoms with van der Waals surface area (Å²) in [6.45, 7) is 1.90. The molecule has 0 saturated carbocycles. The van der Waals surface area contributed by atoms with E-state index in [2.05, 4.69) is 4.98 Å². The fourth-order valence-corrected chi connectivity index (χ4v) is 1.40. The largest absolute Gasteiger partial charge is 0.437 e. The van der Waals surface area contributed by atoms with Gasteiger partial charge in [0.15, 0.2) is 0 Å². The fraction of sp³-hybridized carbons (Fsp3) is 0.154. The number of anilines is 1. The van der Waals surface area contributed by atoms with E-state index >= 15 is 0 Å². The van der Waals surface area contributed by atoms with E-state index in [4.69, 9.17) is 15.6 Å². The van der Waals surface area contributed by atoms with Gasteiger partial charge in [-0.3, -0.25) is 0 Å². The third-order valence-electron chi connectivity index (χ3n) is 2.35. The van der Waals surface area contributed by atoms with Gasteiger partial charge in [-0.1, -0.05) is 12.1 Å². The summed E-state index contributed by atoms with van der Waals surface area (Å²) in [7, 11) is 0. The Morgan fingerprint density at radius 3 is 2.53 bits per heavy atom. The number of nitrogen functional groups attached to an aromatic ring is 1. The number of hydrogen-bond donors (Lipinski definition) is 2. The van der Waals surface area contributed by atoms with Gasteiger partial charge in [0.25, 0.3) is 0 Å². The van der Waals surface area contributed by atoms with Gasteiger partial charge in [0.2, 0.25) is 5.88 Å². The van der Waals surface area contributed by atoms with Gasteiger partial charge in [-0.25, -0.2) is 4.98 Å². The summed E-state index contributed by atoms with van der Waals surface area (Å²) >= 11 is 0. The van der Waals surface area contributed by atoms with Gasteiger partial charge >= 0.3 is 0 Å². The Kier molecular flexibility index (Phi) is 3.25. The van der Waals surface area contributed by atoms with Crippen LogP contribution >= 0.6 is 0 Å². The average molecular weight is 230 g/mol. The molecule has 0 saturated heterocycles. The topological polar surface area (TPSA) is 68.4 Å². The van der Waals surface area contributed by atoms with Crippen molar-refractivity contribution in [2.45, 2.75) is 13.5 Å². The summed E-state index contributed by atoms with van der Waals surface area (Å²) in [5.74, 6) is 1.05. The van der Waals surface area contributed by atoms with E-state index < -0.39 is 0 Å². The summed E-state index contributed by atoms with van der Waals surface area (Å²) in [6.07, 6.45) is 0. The zero-order chi connectivity index (χ0) is 12.3. The third-order valence-corrected chi connectivity index (χ3v) is 2.35. The number of aliphatic hydroxyl groups excluding tert-OH is 1. The lowest BCUT2D eigenvalue weighted by atomic mass is 10.2. The first kappa shape index (κ1) is 11.4. The molecule has 4 heteroatoms. The van der Waals surface area contributed by atoms with Crippen molar-refractivity contribution in [2.75, 3.05) is 5.73 Å². The van der Waals surface area contributed by atoms with Crippen LogP contribution in [-0.2, 0) is 6.61 Å². The van der Waals surface area contributed by atoms with Crippen molar-refractivity contribution in [3.63, 3.8) is 0 Å². The number of aromatic nitrogens is 1. The number of nitrogens with two attached hydrogens (primary N) is 1. The van der Waals surface area contributed by atoms with E-state index in [1.807, 2.05) is 13.0 Å². The number of nitrogens with zero attached hydrogens (tertiary/aromatic N) is 1. The van der Waals surface area contributed by atoms with Gasteiger partial charge in [0.1, 0.15) is 5.75 Å². The summed E-state index contributed by atoms with van der Waals surface area (Å²) in [6, 6.07) is 10.7. The Morgan fingerprint density at radius 2 is 1.88 bits per heavy atom. The molecule has 1 aromatic heterocycles. The molecular weight excluding hydrogens is 216 g/mol. The zero-order valence-corrected chi connectivity index (χ0v) is 9.55. The zero-order valence-electron chi connectivity index (χ0n) is 9.55. The monoisotopic (exact) mass is 230 g/mol. The molecular formula is C13H14N2O2. The summed E-state index contributed by atoms with van der Waals surface area (Å²) in [5, 5.41) is 8.93. The molecule has 0 spiro atoms. The summed E-state index contributed by atoms with van der Waals surface area (Å²) in [4.78, 5) is 4.21. The average Bonchev–Trinajstić information content (AvgIpc) is 2.35. The second-order valence-electron chi connectivity index (χ2n) is 3.75. The van der Waals surface area contributed by atoms with Crippen LogP contribution in [0.5, 0.6) is 11.6 Å². The number of ether oxygens (including phenoxy) is 1. The maximum absolute atomic E-state index is 8.93. The van der Waals surface area contributed by atoms with E-state index in [1.165, 1.54) is 0 Å². The van der Waals surface area contributed by atoms with Crippen molar-refractivity contribution < 1.29 is 9.84 Å². The molecule has 0 atom stereocenters. The maximum atomic E-state index is 8.93.